The second-order valence-electron chi connectivity index (χ2n) is 19.1. The van der Waals surface area contributed by atoms with Crippen molar-refractivity contribution in [2.45, 2.75) is 160 Å². The Morgan fingerprint density at radius 2 is 1.68 bits per heavy atom. The molecule has 57 heavy (non-hydrogen) atoms. The fourth-order valence-electron chi connectivity index (χ4n) is 6.70. The minimum absolute atomic E-state index is 0.0120. The quantitative estimate of drug-likeness (QED) is 0.126. The first-order valence-corrected chi connectivity index (χ1v) is 26.9. The SMILES string of the molecule is Cc1cn([C@@H]2O[C@H](CO[Si](C)(C)C(C)(C)C)[C@@]3(OS(=O)(=O)C=C3N)[C@H]2O[Si](C)(C)C(C)(C)C)c(=O)n(CCCNC(=O)[C@@H]2C[C@@H](O)CN2C(=O)[C@@H](N)C(C)C)c1=O. The van der Waals surface area contributed by atoms with Gasteiger partial charge in [0.15, 0.2) is 28.5 Å². The van der Waals surface area contributed by atoms with Gasteiger partial charge in [0.2, 0.25) is 11.8 Å². The van der Waals surface area contributed by atoms with Crippen molar-refractivity contribution in [1.29, 1.82) is 0 Å². The number of aliphatic hydroxyl groups excluding tert-OH is 1. The zero-order valence-electron chi connectivity index (χ0n) is 35.9. The number of nitrogens with one attached hydrogen (secondary N) is 1. The first-order chi connectivity index (χ1) is 25.9. The molecule has 2 saturated heterocycles. The highest BCUT2D eigenvalue weighted by molar-refractivity contribution is 7.90. The van der Waals surface area contributed by atoms with E-state index in [0.717, 1.165) is 9.98 Å². The molecule has 1 aromatic rings. The highest BCUT2D eigenvalue weighted by atomic mass is 32.2. The summed E-state index contributed by atoms with van der Waals surface area (Å²) in [5, 5.41) is 13.3. The molecule has 4 heterocycles. The third kappa shape index (κ3) is 9.38. The van der Waals surface area contributed by atoms with Crippen LogP contribution in [0.5, 0.6) is 0 Å². The molecule has 3 aliphatic heterocycles. The number of carbonyl (C=O) groups excluding carboxylic acids is 2. The van der Waals surface area contributed by atoms with Crippen LogP contribution in [0.4, 0.5) is 0 Å². The van der Waals surface area contributed by atoms with Gasteiger partial charge in [0.25, 0.3) is 15.7 Å². The second kappa shape index (κ2) is 16.4. The Labute approximate surface area is 338 Å². The maximum atomic E-state index is 14.4. The van der Waals surface area contributed by atoms with E-state index in [2.05, 4.69) is 26.1 Å². The molecule has 1 aromatic heterocycles. The third-order valence-electron chi connectivity index (χ3n) is 12.4. The zero-order chi connectivity index (χ0) is 43.4. The summed E-state index contributed by atoms with van der Waals surface area (Å²) in [5.74, 6) is -1.08. The van der Waals surface area contributed by atoms with Gasteiger partial charge >= 0.3 is 5.69 Å². The number of rotatable bonds is 13. The number of nitrogens with zero attached hydrogens (tertiary/aromatic N) is 3. The number of hydrogen-bond donors (Lipinski definition) is 4. The van der Waals surface area contributed by atoms with Gasteiger partial charge in [-0.3, -0.25) is 23.5 Å². The molecule has 0 aromatic carbocycles. The molecule has 0 radical (unpaired) electrons. The molecule has 20 heteroatoms. The van der Waals surface area contributed by atoms with Crippen molar-refractivity contribution >= 4 is 38.6 Å². The number of hydrogen-bond acceptors (Lipinski definition) is 13. The highest BCUT2D eigenvalue weighted by Crippen LogP contribution is 2.52. The summed E-state index contributed by atoms with van der Waals surface area (Å²) in [5.41, 5.74) is 9.51. The number of nitrogens with two attached hydrogens (primary N) is 2. The molecule has 3 aliphatic rings. The summed E-state index contributed by atoms with van der Waals surface area (Å²) in [4.78, 5) is 55.5. The van der Waals surface area contributed by atoms with Crippen LogP contribution in [0.25, 0.3) is 0 Å². The van der Waals surface area contributed by atoms with Crippen LogP contribution < -0.4 is 28.0 Å². The van der Waals surface area contributed by atoms with Gasteiger partial charge in [0.1, 0.15) is 18.2 Å². The van der Waals surface area contributed by atoms with Crippen molar-refractivity contribution in [3.63, 3.8) is 0 Å². The van der Waals surface area contributed by atoms with Gasteiger partial charge in [-0.15, -0.1) is 0 Å². The Balaban J connectivity index is 1.70. The van der Waals surface area contributed by atoms with Crippen molar-refractivity contribution in [3.8, 4) is 0 Å². The van der Waals surface area contributed by atoms with Gasteiger partial charge in [-0.05, 0) is 55.5 Å². The zero-order valence-corrected chi connectivity index (χ0v) is 38.7. The van der Waals surface area contributed by atoms with Crippen LogP contribution in [-0.2, 0) is 44.0 Å². The third-order valence-corrected chi connectivity index (χ3v) is 22.4. The van der Waals surface area contributed by atoms with Crippen LogP contribution in [-0.4, -0.2) is 112 Å². The predicted octanol–water partition coefficient (Wildman–Crippen LogP) is 1.98. The van der Waals surface area contributed by atoms with Crippen molar-refractivity contribution < 1.29 is 40.9 Å². The summed E-state index contributed by atoms with van der Waals surface area (Å²) in [6.07, 6.45) is -3.02. The molecular formula is C37H66N6O11SSi2. The van der Waals surface area contributed by atoms with E-state index in [1.54, 1.807) is 20.8 Å². The van der Waals surface area contributed by atoms with E-state index in [0.29, 0.717) is 0 Å². The van der Waals surface area contributed by atoms with E-state index < -0.39 is 92.0 Å². The van der Waals surface area contributed by atoms with Crippen LogP contribution in [0, 0.1) is 12.8 Å². The van der Waals surface area contributed by atoms with E-state index in [-0.39, 0.29) is 66.3 Å². The van der Waals surface area contributed by atoms with Crippen molar-refractivity contribution in [2.75, 3.05) is 19.7 Å². The second-order valence-corrected chi connectivity index (χ2v) is 30.1. The summed E-state index contributed by atoms with van der Waals surface area (Å²) < 4.78 is 54.7. The maximum absolute atomic E-state index is 14.4. The number of amides is 2. The van der Waals surface area contributed by atoms with Crippen LogP contribution >= 0.6 is 0 Å². The number of aryl methyl sites for hydroxylation is 1. The van der Waals surface area contributed by atoms with E-state index in [9.17, 15) is 32.7 Å². The molecule has 0 unspecified atom stereocenters. The van der Waals surface area contributed by atoms with Crippen molar-refractivity contribution in [3.05, 3.63) is 43.7 Å². The first kappa shape index (κ1) is 47.0. The van der Waals surface area contributed by atoms with Gasteiger partial charge in [-0.1, -0.05) is 55.4 Å². The lowest BCUT2D eigenvalue weighted by Crippen LogP contribution is -2.59. The number of aromatic nitrogens is 2. The van der Waals surface area contributed by atoms with Crippen LogP contribution in [0.1, 0.15) is 80.0 Å². The first-order valence-electron chi connectivity index (χ1n) is 19.6. The molecule has 0 bridgehead atoms. The summed E-state index contributed by atoms with van der Waals surface area (Å²) >= 11 is 0. The summed E-state index contributed by atoms with van der Waals surface area (Å²) in [6, 6.07) is -1.75. The standard InChI is InChI=1S/C37H66N6O11SSi2/c1-22(2)28(39)32(47)42-19-24(44)17-25(42)30(45)40-15-14-16-41-31(46)23(3)18-43(34(41)48)33-29(53-57(12,13)36(7,8)9)37(26(38)21-55(49,50)54-37)27(52-33)20-51-56(10,11)35(4,5)6/h18,21-22,24-25,27-29,33,44H,14-17,19-20,38-39H2,1-13H3,(H,40,45)/t24-,25+,27-,28+,29+,33-,37-/m1/s1. The lowest BCUT2D eigenvalue weighted by molar-refractivity contribution is -0.140. The minimum atomic E-state index is -4.31. The molecular weight excluding hydrogens is 793 g/mol. The number of β-amino-alcohol motifs (C(OH)–C–C–N with tert-alkyl or cyclic N) is 1. The lowest BCUT2D eigenvalue weighted by Gasteiger charge is -2.43. The van der Waals surface area contributed by atoms with Crippen LogP contribution in [0.15, 0.2) is 26.9 Å². The van der Waals surface area contributed by atoms with Crippen LogP contribution in [0.2, 0.25) is 36.3 Å². The van der Waals surface area contributed by atoms with E-state index in [4.69, 9.17) is 29.2 Å². The molecule has 4 rings (SSSR count). The van der Waals surface area contributed by atoms with Gasteiger partial charge < -0.3 is 40.4 Å². The Bertz CT molecular complexity index is 1950. The number of aliphatic hydroxyl groups is 1. The molecule has 0 saturated carbocycles. The monoisotopic (exact) mass is 858 g/mol. The molecule has 0 aliphatic carbocycles. The Kier molecular flexibility index (Phi) is 13.5. The van der Waals surface area contributed by atoms with Crippen molar-refractivity contribution in [2.24, 2.45) is 17.4 Å². The summed E-state index contributed by atoms with van der Waals surface area (Å²) in [6.45, 7) is 25.2. The highest BCUT2D eigenvalue weighted by Gasteiger charge is 2.67. The fourth-order valence-corrected chi connectivity index (χ4v) is 10.2. The Morgan fingerprint density at radius 1 is 1.09 bits per heavy atom. The maximum Gasteiger partial charge on any atom is 0.333 e. The molecule has 2 fully saturated rings. The number of carbonyl (C=O) groups is 2. The van der Waals surface area contributed by atoms with E-state index in [1.807, 2.05) is 47.0 Å². The Hall–Kier alpha value is -2.70. The molecule has 6 N–H and O–H groups in total. The van der Waals surface area contributed by atoms with E-state index in [1.165, 1.54) is 15.7 Å². The smallest absolute Gasteiger partial charge is 0.333 e. The fraction of sp³-hybridized carbons (Fsp3) is 0.784. The topological polar surface area (TPSA) is 237 Å². The minimum Gasteiger partial charge on any atom is -0.414 e. The van der Waals surface area contributed by atoms with Gasteiger partial charge in [-0.25, -0.2) is 8.98 Å². The predicted molar refractivity (Wildman–Crippen MR) is 220 cm³/mol. The van der Waals surface area contributed by atoms with Crippen LogP contribution in [0.3, 0.4) is 0 Å². The average molecular weight is 859 g/mol. The lowest BCUT2D eigenvalue weighted by atomic mass is 9.89. The molecule has 2 amide bonds. The number of likely N-dealkylation sites (tertiary alicyclic amines) is 1. The number of ether oxygens (including phenoxy) is 1. The van der Waals surface area contributed by atoms with Crippen molar-refractivity contribution in [1.82, 2.24) is 19.4 Å². The summed E-state index contributed by atoms with van der Waals surface area (Å²) in [7, 11) is -9.57. The molecule has 324 valence electrons. The average Bonchev–Trinajstić information content (AvgIpc) is 3.68. The van der Waals surface area contributed by atoms with Gasteiger partial charge in [0, 0.05) is 37.8 Å². The largest absolute Gasteiger partial charge is 0.414 e. The van der Waals surface area contributed by atoms with Gasteiger partial charge in [-0.2, -0.15) is 8.42 Å². The molecule has 7 atom stereocenters. The molecule has 1 spiro atoms. The van der Waals surface area contributed by atoms with E-state index >= 15 is 0 Å². The van der Waals surface area contributed by atoms with Gasteiger partial charge in [0.05, 0.1) is 29.9 Å². The molecule has 17 nitrogen and oxygen atoms in total. The normalized spacial score (nSPS) is 27.3. The Morgan fingerprint density at radius 3 is 2.21 bits per heavy atom.